The summed E-state index contributed by atoms with van der Waals surface area (Å²) in [7, 11) is 0. The topological polar surface area (TPSA) is 17.1 Å². The first-order valence-corrected chi connectivity index (χ1v) is 4.60. The molecule has 13 heavy (non-hydrogen) atoms. The Morgan fingerprint density at radius 1 is 1.23 bits per heavy atom. The van der Waals surface area contributed by atoms with Crippen LogP contribution < -0.4 is 0 Å². The average Bonchev–Trinajstić information content (AvgIpc) is 2.01. The molecule has 70 valence electrons. The monoisotopic (exact) mass is 196 g/mol. The van der Waals surface area contributed by atoms with Crippen molar-refractivity contribution in [2.45, 2.75) is 27.7 Å². The number of halogens is 1. The Kier molecular flexibility index (Phi) is 2.77. The second kappa shape index (κ2) is 3.51. The zero-order valence-corrected chi connectivity index (χ0v) is 9.12. The summed E-state index contributed by atoms with van der Waals surface area (Å²) >= 11 is 5.98. The van der Waals surface area contributed by atoms with E-state index in [1.54, 1.807) is 6.92 Å². The van der Waals surface area contributed by atoms with Crippen LogP contribution in [0, 0.1) is 20.8 Å². The molecule has 0 atom stereocenters. The van der Waals surface area contributed by atoms with E-state index in [0.29, 0.717) is 5.02 Å². The van der Waals surface area contributed by atoms with Gasteiger partial charge in [0.25, 0.3) is 0 Å². The molecule has 0 unspecified atom stereocenters. The molecule has 0 amide bonds. The van der Waals surface area contributed by atoms with Gasteiger partial charge in [0.15, 0.2) is 5.78 Å². The normalized spacial score (nSPS) is 10.2. The first-order valence-electron chi connectivity index (χ1n) is 4.22. The Morgan fingerprint density at radius 3 is 2.23 bits per heavy atom. The lowest BCUT2D eigenvalue weighted by Gasteiger charge is -2.11. The summed E-state index contributed by atoms with van der Waals surface area (Å²) < 4.78 is 0. The highest BCUT2D eigenvalue weighted by atomic mass is 35.5. The molecule has 0 saturated heterocycles. The zero-order valence-electron chi connectivity index (χ0n) is 8.36. The van der Waals surface area contributed by atoms with Gasteiger partial charge in [-0.05, 0) is 50.5 Å². The van der Waals surface area contributed by atoms with E-state index in [1.165, 1.54) is 0 Å². The standard InChI is InChI=1S/C11H13ClO/c1-6-5-10(12)8(3)11(7(6)2)9(4)13/h5H,1-4H3. The number of hydrogen-bond acceptors (Lipinski definition) is 1. The highest BCUT2D eigenvalue weighted by Crippen LogP contribution is 2.25. The third kappa shape index (κ3) is 1.75. The van der Waals surface area contributed by atoms with Gasteiger partial charge in [0, 0.05) is 10.6 Å². The van der Waals surface area contributed by atoms with Crippen LogP contribution in [0.3, 0.4) is 0 Å². The maximum absolute atomic E-state index is 11.3. The molecule has 1 aromatic rings. The number of Topliss-reactive ketones (excluding diaryl/α,β-unsaturated/α-hetero) is 1. The first-order chi connectivity index (χ1) is 5.95. The van der Waals surface area contributed by atoms with Crippen LogP contribution in [0.4, 0.5) is 0 Å². The molecule has 1 aromatic carbocycles. The maximum Gasteiger partial charge on any atom is 0.160 e. The fourth-order valence-corrected chi connectivity index (χ4v) is 1.79. The number of benzene rings is 1. The van der Waals surface area contributed by atoms with Crippen molar-refractivity contribution < 1.29 is 4.79 Å². The van der Waals surface area contributed by atoms with E-state index in [4.69, 9.17) is 11.6 Å². The van der Waals surface area contributed by atoms with Gasteiger partial charge >= 0.3 is 0 Å². The Hall–Kier alpha value is -0.820. The van der Waals surface area contributed by atoms with Crippen LogP contribution in [0.15, 0.2) is 6.07 Å². The molecule has 0 aliphatic carbocycles. The van der Waals surface area contributed by atoms with Gasteiger partial charge in [-0.25, -0.2) is 0 Å². The summed E-state index contributed by atoms with van der Waals surface area (Å²) in [4.78, 5) is 11.3. The highest BCUT2D eigenvalue weighted by Gasteiger charge is 2.12. The van der Waals surface area contributed by atoms with Crippen LogP contribution in [0.25, 0.3) is 0 Å². The summed E-state index contributed by atoms with van der Waals surface area (Å²) in [5, 5.41) is 0.674. The van der Waals surface area contributed by atoms with Gasteiger partial charge in [-0.1, -0.05) is 11.6 Å². The average molecular weight is 197 g/mol. The number of carbonyl (C=O) groups excluding carboxylic acids is 1. The van der Waals surface area contributed by atoms with Crippen molar-refractivity contribution in [2.24, 2.45) is 0 Å². The molecule has 0 N–H and O–H groups in total. The largest absolute Gasteiger partial charge is 0.294 e. The molecule has 0 radical (unpaired) electrons. The molecule has 1 rings (SSSR count). The summed E-state index contributed by atoms with van der Waals surface area (Å²) in [5.41, 5.74) is 3.76. The molecule has 0 aromatic heterocycles. The van der Waals surface area contributed by atoms with E-state index in [9.17, 15) is 4.79 Å². The quantitative estimate of drug-likeness (QED) is 0.629. The van der Waals surface area contributed by atoms with Gasteiger partial charge < -0.3 is 0 Å². The van der Waals surface area contributed by atoms with Crippen LogP contribution >= 0.6 is 11.6 Å². The van der Waals surface area contributed by atoms with Crippen molar-refractivity contribution in [3.63, 3.8) is 0 Å². The third-order valence-electron chi connectivity index (χ3n) is 2.40. The summed E-state index contributed by atoms with van der Waals surface area (Å²) in [5.74, 6) is 0.0839. The van der Waals surface area contributed by atoms with Crippen LogP contribution in [0.1, 0.15) is 34.0 Å². The Morgan fingerprint density at radius 2 is 1.77 bits per heavy atom. The molecule has 0 heterocycles. The molecule has 1 nitrogen and oxygen atoms in total. The third-order valence-corrected chi connectivity index (χ3v) is 2.79. The second-order valence-electron chi connectivity index (χ2n) is 3.36. The molecule has 0 bridgehead atoms. The van der Waals surface area contributed by atoms with Crippen molar-refractivity contribution in [3.8, 4) is 0 Å². The van der Waals surface area contributed by atoms with Crippen molar-refractivity contribution >= 4 is 17.4 Å². The molecule has 0 saturated carbocycles. The van der Waals surface area contributed by atoms with Crippen LogP contribution in [0.2, 0.25) is 5.02 Å². The van der Waals surface area contributed by atoms with E-state index in [0.717, 1.165) is 22.3 Å². The minimum absolute atomic E-state index is 0.0839. The number of hydrogen-bond donors (Lipinski definition) is 0. The van der Waals surface area contributed by atoms with Gasteiger partial charge in [0.2, 0.25) is 0 Å². The van der Waals surface area contributed by atoms with E-state index in [2.05, 4.69) is 0 Å². The fraction of sp³-hybridized carbons (Fsp3) is 0.364. The lowest BCUT2D eigenvalue weighted by molar-refractivity contribution is 0.101. The smallest absolute Gasteiger partial charge is 0.160 e. The SMILES string of the molecule is CC(=O)c1c(C)c(C)cc(Cl)c1C. The number of rotatable bonds is 1. The highest BCUT2D eigenvalue weighted by molar-refractivity contribution is 6.32. The van der Waals surface area contributed by atoms with Crippen molar-refractivity contribution in [3.05, 3.63) is 33.3 Å². The molecule has 2 heteroatoms. The summed E-state index contributed by atoms with van der Waals surface area (Å²) in [6.45, 7) is 7.37. The van der Waals surface area contributed by atoms with E-state index in [-0.39, 0.29) is 5.78 Å². The number of aryl methyl sites for hydroxylation is 1. The zero-order chi connectivity index (χ0) is 10.2. The van der Waals surface area contributed by atoms with Crippen LogP contribution in [-0.4, -0.2) is 5.78 Å². The lowest BCUT2D eigenvalue weighted by Crippen LogP contribution is -2.02. The number of ketones is 1. The van der Waals surface area contributed by atoms with Gasteiger partial charge in [-0.15, -0.1) is 0 Å². The molecular formula is C11H13ClO. The Labute approximate surface area is 83.7 Å². The van der Waals surface area contributed by atoms with E-state index >= 15 is 0 Å². The van der Waals surface area contributed by atoms with E-state index < -0.39 is 0 Å². The fourth-order valence-electron chi connectivity index (χ4n) is 1.53. The first kappa shape index (κ1) is 10.3. The second-order valence-corrected chi connectivity index (χ2v) is 3.76. The van der Waals surface area contributed by atoms with Gasteiger partial charge in [0.1, 0.15) is 0 Å². The number of carbonyl (C=O) groups is 1. The Balaban J connectivity index is 3.56. The molecular weight excluding hydrogens is 184 g/mol. The lowest BCUT2D eigenvalue weighted by atomic mass is 9.96. The van der Waals surface area contributed by atoms with E-state index in [1.807, 2.05) is 26.8 Å². The van der Waals surface area contributed by atoms with Crippen molar-refractivity contribution in [1.29, 1.82) is 0 Å². The van der Waals surface area contributed by atoms with Gasteiger partial charge in [-0.3, -0.25) is 4.79 Å². The van der Waals surface area contributed by atoms with Gasteiger partial charge in [0.05, 0.1) is 0 Å². The van der Waals surface area contributed by atoms with Crippen molar-refractivity contribution in [1.82, 2.24) is 0 Å². The predicted octanol–water partition coefficient (Wildman–Crippen LogP) is 3.47. The van der Waals surface area contributed by atoms with Crippen LogP contribution in [-0.2, 0) is 0 Å². The van der Waals surface area contributed by atoms with Crippen molar-refractivity contribution in [2.75, 3.05) is 0 Å². The molecule has 0 spiro atoms. The summed E-state index contributed by atoms with van der Waals surface area (Å²) in [6, 6.07) is 1.90. The van der Waals surface area contributed by atoms with Crippen LogP contribution in [0.5, 0.6) is 0 Å². The molecule has 0 fully saturated rings. The Bertz CT molecular complexity index is 341. The minimum atomic E-state index is 0.0839. The maximum atomic E-state index is 11.3. The molecule has 0 aliphatic heterocycles. The summed E-state index contributed by atoms with van der Waals surface area (Å²) in [6.07, 6.45) is 0. The minimum Gasteiger partial charge on any atom is -0.294 e. The molecule has 0 aliphatic rings. The van der Waals surface area contributed by atoms with Gasteiger partial charge in [-0.2, -0.15) is 0 Å². The predicted molar refractivity (Wildman–Crippen MR) is 55.7 cm³/mol.